The second kappa shape index (κ2) is 4.17. The van der Waals surface area contributed by atoms with Crippen molar-refractivity contribution in [3.63, 3.8) is 0 Å². The highest BCUT2D eigenvalue weighted by molar-refractivity contribution is 5.81. The van der Waals surface area contributed by atoms with Gasteiger partial charge in [-0.25, -0.2) is 4.98 Å². The van der Waals surface area contributed by atoms with E-state index in [1.165, 1.54) is 0 Å². The number of nitriles is 1. The van der Waals surface area contributed by atoms with Gasteiger partial charge in [0.1, 0.15) is 5.69 Å². The van der Waals surface area contributed by atoms with E-state index in [-0.39, 0.29) is 5.54 Å². The Morgan fingerprint density at radius 3 is 2.70 bits per heavy atom. The zero-order valence-electron chi connectivity index (χ0n) is 11.5. The molecule has 0 saturated carbocycles. The standard InChI is InChI=1S/C14H14N6/c1-14(2,3)20-12-5-4-9(7-15)6-10(12)17-13(20)11-8-16-19-18-11/h4-6,8H,1-3H3,(H,16,18,19). The average Bonchev–Trinajstić information content (AvgIpc) is 3.03. The third-order valence-electron chi connectivity index (χ3n) is 3.10. The van der Waals surface area contributed by atoms with Crippen molar-refractivity contribution in [3.05, 3.63) is 30.0 Å². The minimum atomic E-state index is -0.156. The van der Waals surface area contributed by atoms with E-state index in [1.54, 1.807) is 18.3 Å². The van der Waals surface area contributed by atoms with Crippen LogP contribution in [-0.4, -0.2) is 25.0 Å². The minimum absolute atomic E-state index is 0.156. The third-order valence-corrected chi connectivity index (χ3v) is 3.10. The predicted octanol–water partition coefficient (Wildman–Crippen LogP) is 2.45. The number of fused-ring (bicyclic) bond motifs is 1. The van der Waals surface area contributed by atoms with Crippen LogP contribution in [0, 0.1) is 11.3 Å². The van der Waals surface area contributed by atoms with Gasteiger partial charge in [0.25, 0.3) is 0 Å². The number of H-pyrrole nitrogens is 1. The molecule has 3 rings (SSSR count). The van der Waals surface area contributed by atoms with Gasteiger partial charge in [-0.1, -0.05) is 0 Å². The van der Waals surface area contributed by atoms with E-state index < -0.39 is 0 Å². The van der Waals surface area contributed by atoms with Gasteiger partial charge in [-0.15, -0.1) is 0 Å². The summed E-state index contributed by atoms with van der Waals surface area (Å²) >= 11 is 0. The van der Waals surface area contributed by atoms with Crippen molar-refractivity contribution in [2.24, 2.45) is 0 Å². The summed E-state index contributed by atoms with van der Waals surface area (Å²) in [4.78, 5) is 4.62. The minimum Gasteiger partial charge on any atom is -0.317 e. The van der Waals surface area contributed by atoms with Crippen molar-refractivity contribution in [1.29, 1.82) is 5.26 Å². The molecule has 0 amide bonds. The molecule has 100 valence electrons. The van der Waals surface area contributed by atoms with E-state index in [1.807, 2.05) is 6.07 Å². The van der Waals surface area contributed by atoms with Crippen LogP contribution < -0.4 is 0 Å². The molecule has 0 fully saturated rings. The highest BCUT2D eigenvalue weighted by atomic mass is 15.3. The largest absolute Gasteiger partial charge is 0.317 e. The fourth-order valence-electron chi connectivity index (χ4n) is 2.31. The molecule has 0 saturated heterocycles. The zero-order valence-corrected chi connectivity index (χ0v) is 11.5. The van der Waals surface area contributed by atoms with Crippen LogP contribution in [0.15, 0.2) is 24.4 Å². The number of aromatic nitrogens is 5. The van der Waals surface area contributed by atoms with Crippen LogP contribution in [0.4, 0.5) is 0 Å². The van der Waals surface area contributed by atoms with E-state index in [9.17, 15) is 0 Å². The van der Waals surface area contributed by atoms with Crippen molar-refractivity contribution in [1.82, 2.24) is 25.0 Å². The zero-order chi connectivity index (χ0) is 14.3. The molecule has 0 radical (unpaired) electrons. The maximum atomic E-state index is 9.01. The molecular weight excluding hydrogens is 252 g/mol. The lowest BCUT2D eigenvalue weighted by Gasteiger charge is -2.24. The molecular formula is C14H14N6. The quantitative estimate of drug-likeness (QED) is 0.733. The Bertz CT molecular complexity index is 799. The van der Waals surface area contributed by atoms with Crippen LogP contribution in [0.5, 0.6) is 0 Å². The molecule has 1 aromatic carbocycles. The van der Waals surface area contributed by atoms with Gasteiger partial charge in [0.05, 0.1) is 28.9 Å². The van der Waals surface area contributed by atoms with Crippen LogP contribution in [-0.2, 0) is 5.54 Å². The van der Waals surface area contributed by atoms with Crippen molar-refractivity contribution < 1.29 is 0 Å². The molecule has 0 spiro atoms. The van der Waals surface area contributed by atoms with Gasteiger partial charge in [-0.3, -0.25) is 0 Å². The van der Waals surface area contributed by atoms with E-state index in [2.05, 4.69) is 51.8 Å². The van der Waals surface area contributed by atoms with E-state index >= 15 is 0 Å². The number of hydrogen-bond acceptors (Lipinski definition) is 4. The highest BCUT2D eigenvalue weighted by Gasteiger charge is 2.23. The summed E-state index contributed by atoms with van der Waals surface area (Å²) in [5.74, 6) is 0.747. The summed E-state index contributed by atoms with van der Waals surface area (Å²) in [5, 5.41) is 19.6. The molecule has 0 atom stereocenters. The first-order valence-electron chi connectivity index (χ1n) is 6.30. The summed E-state index contributed by atoms with van der Waals surface area (Å²) in [5.41, 5.74) is 2.90. The Balaban J connectivity index is 2.37. The van der Waals surface area contributed by atoms with Crippen LogP contribution >= 0.6 is 0 Å². The molecule has 0 aliphatic heterocycles. The number of rotatable bonds is 1. The van der Waals surface area contributed by atoms with Crippen LogP contribution in [0.1, 0.15) is 26.3 Å². The number of nitrogens with zero attached hydrogens (tertiary/aromatic N) is 5. The monoisotopic (exact) mass is 266 g/mol. The fourth-order valence-corrected chi connectivity index (χ4v) is 2.31. The number of benzene rings is 1. The first-order chi connectivity index (χ1) is 9.50. The number of nitrogens with one attached hydrogen (secondary N) is 1. The maximum Gasteiger partial charge on any atom is 0.163 e. The smallest absolute Gasteiger partial charge is 0.163 e. The van der Waals surface area contributed by atoms with Crippen LogP contribution in [0.3, 0.4) is 0 Å². The number of hydrogen-bond donors (Lipinski definition) is 1. The first kappa shape index (κ1) is 12.4. The molecule has 0 unspecified atom stereocenters. The topological polar surface area (TPSA) is 83.2 Å². The van der Waals surface area contributed by atoms with Crippen molar-refractivity contribution in [2.75, 3.05) is 0 Å². The molecule has 0 bridgehead atoms. The van der Waals surface area contributed by atoms with Crippen molar-refractivity contribution in [3.8, 4) is 17.6 Å². The summed E-state index contributed by atoms with van der Waals surface area (Å²) < 4.78 is 2.11. The molecule has 1 N–H and O–H groups in total. The molecule has 2 aromatic heterocycles. The lowest BCUT2D eigenvalue weighted by atomic mass is 10.1. The Kier molecular flexibility index (Phi) is 2.57. The molecule has 6 nitrogen and oxygen atoms in total. The SMILES string of the molecule is CC(C)(C)n1c(-c2cn[nH]n2)nc2cc(C#N)ccc21. The number of imidazole rings is 1. The van der Waals surface area contributed by atoms with E-state index in [0.717, 1.165) is 16.9 Å². The lowest BCUT2D eigenvalue weighted by molar-refractivity contribution is 0.412. The summed E-state index contributed by atoms with van der Waals surface area (Å²) in [7, 11) is 0. The summed E-state index contributed by atoms with van der Waals surface area (Å²) in [6.45, 7) is 6.32. The second-order valence-corrected chi connectivity index (χ2v) is 5.61. The molecule has 20 heavy (non-hydrogen) atoms. The van der Waals surface area contributed by atoms with E-state index in [4.69, 9.17) is 5.26 Å². The third kappa shape index (κ3) is 1.84. The Morgan fingerprint density at radius 2 is 2.10 bits per heavy atom. The molecule has 3 aromatic rings. The van der Waals surface area contributed by atoms with E-state index in [0.29, 0.717) is 11.3 Å². The van der Waals surface area contributed by atoms with Gasteiger partial charge in [0.15, 0.2) is 5.82 Å². The van der Waals surface area contributed by atoms with Gasteiger partial charge in [-0.05, 0) is 39.0 Å². The fraction of sp³-hybridized carbons (Fsp3) is 0.286. The summed E-state index contributed by atoms with van der Waals surface area (Å²) in [6.07, 6.45) is 1.65. The molecule has 6 heteroatoms. The first-order valence-corrected chi connectivity index (χ1v) is 6.30. The normalized spacial score (nSPS) is 11.7. The average molecular weight is 266 g/mol. The van der Waals surface area contributed by atoms with Gasteiger partial charge in [0.2, 0.25) is 0 Å². The molecule has 2 heterocycles. The highest BCUT2D eigenvalue weighted by Crippen LogP contribution is 2.30. The van der Waals surface area contributed by atoms with Gasteiger partial charge < -0.3 is 4.57 Å². The van der Waals surface area contributed by atoms with Gasteiger partial charge >= 0.3 is 0 Å². The Labute approximate surface area is 116 Å². The van der Waals surface area contributed by atoms with Gasteiger partial charge in [-0.2, -0.15) is 20.7 Å². The predicted molar refractivity (Wildman–Crippen MR) is 74.8 cm³/mol. The van der Waals surface area contributed by atoms with Crippen molar-refractivity contribution in [2.45, 2.75) is 26.3 Å². The Hall–Kier alpha value is -2.68. The van der Waals surface area contributed by atoms with Crippen molar-refractivity contribution >= 4 is 11.0 Å². The molecule has 0 aliphatic rings. The lowest BCUT2D eigenvalue weighted by Crippen LogP contribution is -2.22. The summed E-state index contributed by atoms with van der Waals surface area (Å²) in [6, 6.07) is 7.66. The van der Waals surface area contributed by atoms with Crippen LogP contribution in [0.25, 0.3) is 22.6 Å². The second-order valence-electron chi connectivity index (χ2n) is 5.61. The van der Waals surface area contributed by atoms with Crippen LogP contribution in [0.2, 0.25) is 0 Å². The maximum absolute atomic E-state index is 9.01. The van der Waals surface area contributed by atoms with Gasteiger partial charge in [0, 0.05) is 5.54 Å². The number of aromatic amines is 1. The Morgan fingerprint density at radius 1 is 1.30 bits per heavy atom. The molecule has 0 aliphatic carbocycles.